The standard InChI is InChI=1S/C13H15N3O2S/c1-7-9-11(17)14-8(2)15-12(9)19-10(7)13(18)16-5-3-4-6-16/h3-6H2,1-2H3,(H,14,15,17). The molecule has 1 saturated heterocycles. The van der Waals surface area contributed by atoms with Crippen molar-refractivity contribution < 1.29 is 4.79 Å². The number of aryl methyl sites for hydroxylation is 2. The topological polar surface area (TPSA) is 66.1 Å². The average Bonchev–Trinajstić information content (AvgIpc) is 2.96. The lowest BCUT2D eigenvalue weighted by Crippen LogP contribution is -2.27. The molecule has 1 fully saturated rings. The first-order valence-corrected chi connectivity index (χ1v) is 7.19. The molecule has 0 spiro atoms. The van der Waals surface area contributed by atoms with Crippen LogP contribution in [0.1, 0.15) is 33.9 Å². The number of amides is 1. The Morgan fingerprint density at radius 1 is 1.32 bits per heavy atom. The van der Waals surface area contributed by atoms with E-state index < -0.39 is 0 Å². The molecule has 1 amide bonds. The number of aromatic amines is 1. The van der Waals surface area contributed by atoms with E-state index in [2.05, 4.69) is 9.97 Å². The van der Waals surface area contributed by atoms with Gasteiger partial charge in [0.2, 0.25) is 0 Å². The monoisotopic (exact) mass is 277 g/mol. The Hall–Kier alpha value is -1.69. The quantitative estimate of drug-likeness (QED) is 0.865. The van der Waals surface area contributed by atoms with Crippen LogP contribution >= 0.6 is 11.3 Å². The van der Waals surface area contributed by atoms with Crippen molar-refractivity contribution in [3.63, 3.8) is 0 Å². The fourth-order valence-corrected chi connectivity index (χ4v) is 3.71. The summed E-state index contributed by atoms with van der Waals surface area (Å²) in [6.07, 6.45) is 2.13. The van der Waals surface area contributed by atoms with Gasteiger partial charge in [0.05, 0.1) is 10.3 Å². The van der Waals surface area contributed by atoms with E-state index in [0.29, 0.717) is 20.9 Å². The van der Waals surface area contributed by atoms with Gasteiger partial charge in [-0.05, 0) is 32.3 Å². The maximum Gasteiger partial charge on any atom is 0.264 e. The van der Waals surface area contributed by atoms with E-state index in [1.54, 1.807) is 6.92 Å². The van der Waals surface area contributed by atoms with Crippen LogP contribution in [0.15, 0.2) is 4.79 Å². The molecule has 0 aromatic carbocycles. The number of fused-ring (bicyclic) bond motifs is 1. The zero-order valence-corrected chi connectivity index (χ0v) is 11.8. The average molecular weight is 277 g/mol. The molecule has 0 bridgehead atoms. The minimum Gasteiger partial charge on any atom is -0.338 e. The van der Waals surface area contributed by atoms with Gasteiger partial charge in [-0.1, -0.05) is 0 Å². The number of carbonyl (C=O) groups excluding carboxylic acids is 1. The van der Waals surface area contributed by atoms with Crippen molar-refractivity contribution in [3.8, 4) is 0 Å². The minimum absolute atomic E-state index is 0.0371. The highest BCUT2D eigenvalue weighted by atomic mass is 32.1. The fraction of sp³-hybridized carbons (Fsp3) is 0.462. The van der Waals surface area contributed by atoms with E-state index in [1.165, 1.54) is 11.3 Å². The zero-order chi connectivity index (χ0) is 13.6. The summed E-state index contributed by atoms with van der Waals surface area (Å²) in [7, 11) is 0. The molecule has 5 nitrogen and oxygen atoms in total. The predicted octanol–water partition coefficient (Wildman–Crippen LogP) is 1.84. The Bertz CT molecular complexity index is 710. The van der Waals surface area contributed by atoms with Crippen LogP contribution in [0.25, 0.3) is 10.2 Å². The summed E-state index contributed by atoms with van der Waals surface area (Å²) in [5.74, 6) is 0.619. The van der Waals surface area contributed by atoms with Gasteiger partial charge in [-0.25, -0.2) is 4.98 Å². The third-order valence-electron chi connectivity index (χ3n) is 3.51. The minimum atomic E-state index is -0.156. The Kier molecular flexibility index (Phi) is 2.89. The van der Waals surface area contributed by atoms with E-state index >= 15 is 0 Å². The van der Waals surface area contributed by atoms with Crippen molar-refractivity contribution in [2.45, 2.75) is 26.7 Å². The van der Waals surface area contributed by atoms with E-state index in [0.717, 1.165) is 31.5 Å². The summed E-state index contributed by atoms with van der Waals surface area (Å²) in [5.41, 5.74) is 0.599. The van der Waals surface area contributed by atoms with E-state index in [1.807, 2.05) is 11.8 Å². The summed E-state index contributed by atoms with van der Waals surface area (Å²) in [4.78, 5) is 34.6. The maximum absolute atomic E-state index is 12.4. The Morgan fingerprint density at radius 2 is 2.00 bits per heavy atom. The molecule has 0 unspecified atom stereocenters. The number of nitrogens with zero attached hydrogens (tertiary/aromatic N) is 2. The number of hydrogen-bond acceptors (Lipinski definition) is 4. The van der Waals surface area contributed by atoms with Gasteiger partial charge in [0.1, 0.15) is 10.7 Å². The molecule has 19 heavy (non-hydrogen) atoms. The number of hydrogen-bond donors (Lipinski definition) is 1. The lowest BCUT2D eigenvalue weighted by atomic mass is 10.2. The van der Waals surface area contributed by atoms with Crippen molar-refractivity contribution in [3.05, 3.63) is 26.6 Å². The Balaban J connectivity index is 2.14. The molecule has 0 atom stereocenters. The molecule has 6 heteroatoms. The molecule has 1 aliphatic rings. The second-order valence-corrected chi connectivity index (χ2v) is 5.89. The van der Waals surface area contributed by atoms with Gasteiger partial charge < -0.3 is 9.88 Å². The predicted molar refractivity (Wildman–Crippen MR) is 74.9 cm³/mol. The second kappa shape index (κ2) is 4.45. The molecule has 100 valence electrons. The Morgan fingerprint density at radius 3 is 2.68 bits per heavy atom. The van der Waals surface area contributed by atoms with Crippen LogP contribution in [0.2, 0.25) is 0 Å². The zero-order valence-electron chi connectivity index (χ0n) is 10.9. The largest absolute Gasteiger partial charge is 0.338 e. The third-order valence-corrected chi connectivity index (χ3v) is 4.68. The van der Waals surface area contributed by atoms with E-state index in [-0.39, 0.29) is 11.5 Å². The van der Waals surface area contributed by atoms with E-state index in [9.17, 15) is 9.59 Å². The number of aromatic nitrogens is 2. The molecular weight excluding hydrogens is 262 g/mol. The SMILES string of the molecule is Cc1nc2sc(C(=O)N3CCCC3)c(C)c2c(=O)[nH]1. The van der Waals surface area contributed by atoms with Crippen molar-refractivity contribution >= 4 is 27.5 Å². The smallest absolute Gasteiger partial charge is 0.264 e. The normalized spacial score (nSPS) is 15.4. The van der Waals surface area contributed by atoms with Crippen LogP contribution in [-0.4, -0.2) is 33.9 Å². The van der Waals surface area contributed by atoms with Crippen molar-refractivity contribution in [1.29, 1.82) is 0 Å². The summed E-state index contributed by atoms with van der Waals surface area (Å²) in [6.45, 7) is 5.21. The summed E-state index contributed by atoms with van der Waals surface area (Å²) < 4.78 is 0. The number of thiophene rings is 1. The van der Waals surface area contributed by atoms with Gasteiger partial charge in [-0.15, -0.1) is 11.3 Å². The number of rotatable bonds is 1. The first kappa shape index (κ1) is 12.3. The third kappa shape index (κ3) is 1.96. The van der Waals surface area contributed by atoms with Gasteiger partial charge >= 0.3 is 0 Å². The van der Waals surface area contributed by atoms with Gasteiger partial charge in [-0.3, -0.25) is 9.59 Å². The van der Waals surface area contributed by atoms with Crippen molar-refractivity contribution in [1.82, 2.24) is 14.9 Å². The van der Waals surface area contributed by atoms with Crippen molar-refractivity contribution in [2.24, 2.45) is 0 Å². The van der Waals surface area contributed by atoms with E-state index in [4.69, 9.17) is 0 Å². The lowest BCUT2D eigenvalue weighted by Gasteiger charge is -2.14. The highest BCUT2D eigenvalue weighted by molar-refractivity contribution is 7.20. The van der Waals surface area contributed by atoms with Crippen LogP contribution in [0.4, 0.5) is 0 Å². The lowest BCUT2D eigenvalue weighted by molar-refractivity contribution is 0.0797. The van der Waals surface area contributed by atoms with Gasteiger partial charge in [0, 0.05) is 13.1 Å². The molecule has 2 aromatic heterocycles. The van der Waals surface area contributed by atoms with Gasteiger partial charge in [0.25, 0.3) is 11.5 Å². The first-order chi connectivity index (χ1) is 9.08. The molecule has 0 aliphatic carbocycles. The molecule has 1 aliphatic heterocycles. The fourth-order valence-electron chi connectivity index (χ4n) is 2.52. The number of nitrogens with one attached hydrogen (secondary N) is 1. The van der Waals surface area contributed by atoms with Gasteiger partial charge in [-0.2, -0.15) is 0 Å². The van der Waals surface area contributed by atoms with Crippen LogP contribution in [0, 0.1) is 13.8 Å². The molecular formula is C13H15N3O2S. The van der Waals surface area contributed by atoms with Crippen LogP contribution in [-0.2, 0) is 0 Å². The molecule has 2 aromatic rings. The number of likely N-dealkylation sites (tertiary alicyclic amines) is 1. The highest BCUT2D eigenvalue weighted by Gasteiger charge is 2.25. The molecule has 1 N–H and O–H groups in total. The summed E-state index contributed by atoms with van der Waals surface area (Å²) in [5, 5.41) is 0.554. The molecule has 3 rings (SSSR count). The van der Waals surface area contributed by atoms with Crippen LogP contribution < -0.4 is 5.56 Å². The first-order valence-electron chi connectivity index (χ1n) is 6.37. The van der Waals surface area contributed by atoms with Crippen molar-refractivity contribution in [2.75, 3.05) is 13.1 Å². The maximum atomic E-state index is 12.4. The molecule has 0 saturated carbocycles. The summed E-state index contributed by atoms with van der Waals surface area (Å²) in [6, 6.07) is 0. The highest BCUT2D eigenvalue weighted by Crippen LogP contribution is 2.28. The van der Waals surface area contributed by atoms with Crippen LogP contribution in [0.5, 0.6) is 0 Å². The number of carbonyl (C=O) groups is 1. The Labute approximate surface area is 114 Å². The van der Waals surface area contributed by atoms with Crippen LogP contribution in [0.3, 0.4) is 0 Å². The second-order valence-electron chi connectivity index (χ2n) is 4.89. The summed E-state index contributed by atoms with van der Waals surface area (Å²) >= 11 is 1.32. The molecule has 0 radical (unpaired) electrons. The molecule has 3 heterocycles. The number of H-pyrrole nitrogens is 1. The van der Waals surface area contributed by atoms with Gasteiger partial charge in [0.15, 0.2) is 0 Å².